The predicted octanol–water partition coefficient (Wildman–Crippen LogP) is 11.8. The lowest BCUT2D eigenvalue weighted by Gasteiger charge is -2.37. The summed E-state index contributed by atoms with van der Waals surface area (Å²) in [6, 6.07) is 38.6. The van der Waals surface area contributed by atoms with Gasteiger partial charge in [0, 0.05) is 87.8 Å². The van der Waals surface area contributed by atoms with E-state index < -0.39 is 21.3 Å². The molecule has 0 saturated carbocycles. The largest absolute Gasteiger partial charge is 0.478 e. The number of carboxylic acids is 1. The third-order valence-electron chi connectivity index (χ3n) is 14.8. The van der Waals surface area contributed by atoms with Crippen LogP contribution in [-0.2, 0) is 24.6 Å². The highest BCUT2D eigenvalue weighted by Crippen LogP contribution is 2.56. The van der Waals surface area contributed by atoms with Gasteiger partial charge in [0.15, 0.2) is 0 Å². The molecule has 3 aliphatic rings. The highest BCUT2D eigenvalue weighted by atomic mass is 35.5. The standard InChI is InChI=1S/C56H65ClN6O10P2S/c1-39(2)62-40(3)53(56(64)65)54(55(62)43-12-15-46(57)16-13-43)45-8-7-9-49(35-45)60-30-28-59(29-31-60)47-17-19-48(20-18-47)61-32-33-72-74(61,68)50-21-14-44(52(36-50)63(66)67)34-42(38-76-51-10-5-4-6-11-51)24-27-58-25-22-41(23-26-58)37-73-75(69,70)71/h4-21,35-36,39,41-42H,22-34,37-38H2,1-3H3,(H,64,65)(H2,69,70,71)/t42-,74-/m0/s1. The van der Waals surface area contributed by atoms with Crippen LogP contribution in [0.3, 0.4) is 0 Å². The smallest absolute Gasteiger partial charge is 0.469 e. The molecule has 3 saturated heterocycles. The monoisotopic (exact) mass is 1110 g/mol. The minimum absolute atomic E-state index is 0.00776. The molecule has 3 aliphatic heterocycles. The van der Waals surface area contributed by atoms with Crippen LogP contribution in [0.25, 0.3) is 22.4 Å². The molecule has 0 unspecified atom stereocenters. The van der Waals surface area contributed by atoms with Gasteiger partial charge in [0.05, 0.1) is 41.2 Å². The molecular formula is C56H65ClN6O10P2S. The van der Waals surface area contributed by atoms with Crippen LogP contribution in [-0.4, -0.2) is 107 Å². The summed E-state index contributed by atoms with van der Waals surface area (Å²) in [6.45, 7) is 11.8. The second kappa shape index (κ2) is 24.1. The SMILES string of the molecule is Cc1c(C(=O)O)c(-c2cccc(N3CCN(c4ccc(N5CCO[P@@]5(=O)c5ccc(C[C@H](CCN6CCC(COP(=O)(O)O)CC6)CSc6ccccc6)c([N+](=O)[O-])c5)cc4)CC3)c2)c(-c2ccc(Cl)cc2)n1C(C)C. The lowest BCUT2D eigenvalue weighted by Crippen LogP contribution is -2.46. The number of aromatic nitrogens is 1. The Kier molecular flexibility index (Phi) is 17.5. The van der Waals surface area contributed by atoms with Crippen LogP contribution in [0.2, 0.25) is 5.02 Å². The van der Waals surface area contributed by atoms with Crippen LogP contribution >= 0.6 is 38.7 Å². The van der Waals surface area contributed by atoms with Gasteiger partial charge < -0.3 is 38.7 Å². The summed E-state index contributed by atoms with van der Waals surface area (Å²) in [4.78, 5) is 51.7. The van der Waals surface area contributed by atoms with Gasteiger partial charge in [-0.15, -0.1) is 11.8 Å². The summed E-state index contributed by atoms with van der Waals surface area (Å²) in [5, 5.41) is 24.3. The first kappa shape index (κ1) is 55.3. The van der Waals surface area contributed by atoms with E-state index >= 15 is 0 Å². The van der Waals surface area contributed by atoms with Crippen molar-refractivity contribution in [2.24, 2.45) is 11.8 Å². The summed E-state index contributed by atoms with van der Waals surface area (Å²) in [5.74, 6) is -0.0866. The van der Waals surface area contributed by atoms with E-state index in [1.54, 1.807) is 28.6 Å². The summed E-state index contributed by atoms with van der Waals surface area (Å²) in [7, 11) is -8.24. The van der Waals surface area contributed by atoms with Gasteiger partial charge in [-0.3, -0.25) is 23.9 Å². The van der Waals surface area contributed by atoms with Crippen molar-refractivity contribution in [3.8, 4) is 22.4 Å². The average molecular weight is 1110 g/mol. The molecule has 1 aromatic heterocycles. The van der Waals surface area contributed by atoms with E-state index in [1.807, 2.05) is 85.8 Å². The van der Waals surface area contributed by atoms with Crippen molar-refractivity contribution < 1.29 is 42.8 Å². The van der Waals surface area contributed by atoms with Gasteiger partial charge in [-0.05, 0) is 156 Å². The van der Waals surface area contributed by atoms with Crippen LogP contribution in [0.15, 0.2) is 126 Å². The molecule has 3 fully saturated rings. The molecule has 9 rings (SSSR count). The molecule has 16 nitrogen and oxygen atoms in total. The Morgan fingerprint density at radius 1 is 0.855 bits per heavy atom. The third kappa shape index (κ3) is 12.8. The molecule has 3 N–H and O–H groups in total. The number of carbonyl (C=O) groups is 1. The van der Waals surface area contributed by atoms with E-state index in [0.717, 1.165) is 104 Å². The minimum Gasteiger partial charge on any atom is -0.478 e. The number of phosphoric ester groups is 1. The zero-order valence-electron chi connectivity index (χ0n) is 42.9. The number of likely N-dealkylation sites (tertiary alicyclic amines) is 1. The first-order chi connectivity index (χ1) is 36.5. The quantitative estimate of drug-likeness (QED) is 0.0283. The van der Waals surface area contributed by atoms with Crippen LogP contribution in [0.5, 0.6) is 0 Å². The Bertz CT molecular complexity index is 3110. The molecule has 2 atom stereocenters. The fraction of sp³-hybridized carbons (Fsp3) is 0.375. The van der Waals surface area contributed by atoms with E-state index in [1.165, 1.54) is 6.07 Å². The van der Waals surface area contributed by atoms with Gasteiger partial charge in [-0.25, -0.2) is 9.36 Å². The fourth-order valence-electron chi connectivity index (χ4n) is 11.0. The number of nitro groups is 1. The molecule has 4 heterocycles. The summed E-state index contributed by atoms with van der Waals surface area (Å²) in [5.41, 5.74) is 7.40. The van der Waals surface area contributed by atoms with Crippen molar-refractivity contribution in [2.45, 2.75) is 57.4 Å². The number of thioether (sulfide) groups is 1. The number of rotatable bonds is 20. The maximum absolute atomic E-state index is 15.0. The molecule has 0 spiro atoms. The normalized spacial score (nSPS) is 18.2. The Morgan fingerprint density at radius 2 is 1.53 bits per heavy atom. The summed E-state index contributed by atoms with van der Waals surface area (Å²) >= 11 is 8.00. The second-order valence-corrected chi connectivity index (χ2v) is 25.2. The molecule has 5 aromatic carbocycles. The van der Waals surface area contributed by atoms with E-state index in [0.29, 0.717) is 40.5 Å². The minimum atomic E-state index is -4.52. The van der Waals surface area contributed by atoms with Crippen molar-refractivity contribution in [1.29, 1.82) is 0 Å². The average Bonchev–Trinajstić information content (AvgIpc) is 4.08. The van der Waals surface area contributed by atoms with Crippen LogP contribution in [0.4, 0.5) is 22.7 Å². The van der Waals surface area contributed by atoms with E-state index in [2.05, 4.69) is 57.4 Å². The zero-order chi connectivity index (χ0) is 53.7. The van der Waals surface area contributed by atoms with Crippen molar-refractivity contribution in [3.05, 3.63) is 153 Å². The lowest BCUT2D eigenvalue weighted by atomic mass is 9.94. The molecular weight excluding hydrogens is 1050 g/mol. The molecule has 0 bridgehead atoms. The first-order valence-corrected chi connectivity index (χ1v) is 30.3. The van der Waals surface area contributed by atoms with Crippen molar-refractivity contribution >= 4 is 72.7 Å². The number of nitrogens with zero attached hydrogens (tertiary/aromatic N) is 6. The number of carboxylic acid groups (broad SMARTS) is 1. The maximum Gasteiger partial charge on any atom is 0.469 e. The van der Waals surface area contributed by atoms with Crippen molar-refractivity contribution in [2.75, 3.05) is 85.8 Å². The lowest BCUT2D eigenvalue weighted by molar-refractivity contribution is -0.385. The zero-order valence-corrected chi connectivity index (χ0v) is 46.3. The van der Waals surface area contributed by atoms with Crippen LogP contribution in [0, 0.1) is 28.9 Å². The Morgan fingerprint density at radius 3 is 2.17 bits per heavy atom. The molecule has 6 aromatic rings. The Balaban J connectivity index is 0.867. The molecule has 20 heteroatoms. The van der Waals surface area contributed by atoms with Crippen LogP contribution < -0.4 is 19.8 Å². The number of piperidine rings is 1. The predicted molar refractivity (Wildman–Crippen MR) is 303 cm³/mol. The summed E-state index contributed by atoms with van der Waals surface area (Å²) < 4.78 is 40.8. The number of nitro benzene ring substituents is 1. The van der Waals surface area contributed by atoms with Gasteiger partial charge in [-0.1, -0.05) is 60.1 Å². The van der Waals surface area contributed by atoms with Crippen molar-refractivity contribution in [3.63, 3.8) is 0 Å². The molecule has 0 aliphatic carbocycles. The Labute approximate surface area is 453 Å². The highest BCUT2D eigenvalue weighted by Gasteiger charge is 2.41. The van der Waals surface area contributed by atoms with Crippen LogP contribution in [0.1, 0.15) is 60.8 Å². The second-order valence-electron chi connectivity index (χ2n) is 20.1. The van der Waals surface area contributed by atoms with Gasteiger partial charge in [-0.2, -0.15) is 0 Å². The van der Waals surface area contributed by atoms with E-state index in [-0.39, 0.29) is 52.6 Å². The first-order valence-electron chi connectivity index (χ1n) is 25.8. The van der Waals surface area contributed by atoms with E-state index in [9.17, 15) is 29.1 Å². The number of aromatic carboxylic acids is 1. The number of halogens is 1. The van der Waals surface area contributed by atoms with Gasteiger partial charge in [0.25, 0.3) is 5.69 Å². The number of benzene rings is 5. The van der Waals surface area contributed by atoms with Gasteiger partial charge >= 0.3 is 21.3 Å². The van der Waals surface area contributed by atoms with E-state index in [4.69, 9.17) is 30.4 Å². The Hall–Kier alpha value is -5.45. The summed E-state index contributed by atoms with van der Waals surface area (Å²) in [6.07, 6.45) is 2.76. The number of phosphoric acid groups is 1. The number of hydrogen-bond acceptors (Lipinski definition) is 11. The number of anilines is 3. The molecule has 0 radical (unpaired) electrons. The third-order valence-corrected chi connectivity index (χ3v) is 19.4. The number of hydrogen-bond donors (Lipinski definition) is 3. The topological polar surface area (TPSA) is 191 Å². The van der Waals surface area contributed by atoms with Gasteiger partial charge in [0.1, 0.15) is 0 Å². The molecule has 402 valence electrons. The van der Waals surface area contributed by atoms with Crippen molar-refractivity contribution in [1.82, 2.24) is 9.47 Å². The maximum atomic E-state index is 15.0. The number of piperazine rings is 1. The fourth-order valence-corrected chi connectivity index (χ4v) is 14.8. The highest BCUT2D eigenvalue weighted by molar-refractivity contribution is 7.99. The molecule has 0 amide bonds. The molecule has 76 heavy (non-hydrogen) atoms. The van der Waals surface area contributed by atoms with Gasteiger partial charge in [0.2, 0.25) is 0 Å².